The van der Waals surface area contributed by atoms with E-state index in [4.69, 9.17) is 4.74 Å². The van der Waals surface area contributed by atoms with Gasteiger partial charge in [0, 0.05) is 5.56 Å². The molecule has 2 nitrogen and oxygen atoms in total. The summed E-state index contributed by atoms with van der Waals surface area (Å²) in [5.74, 6) is 0.505. The molecule has 18 heavy (non-hydrogen) atoms. The lowest BCUT2D eigenvalue weighted by atomic mass is 10.1. The summed E-state index contributed by atoms with van der Waals surface area (Å²) in [7, 11) is 0. The van der Waals surface area contributed by atoms with Crippen molar-refractivity contribution in [1.29, 1.82) is 0 Å². The van der Waals surface area contributed by atoms with Crippen LogP contribution in [-0.2, 0) is 11.2 Å². The van der Waals surface area contributed by atoms with Gasteiger partial charge in [-0.1, -0.05) is 18.2 Å². The summed E-state index contributed by atoms with van der Waals surface area (Å²) in [4.78, 5) is 0.766. The summed E-state index contributed by atoms with van der Waals surface area (Å²) < 4.78 is 28.5. The van der Waals surface area contributed by atoms with E-state index in [1.54, 1.807) is 30.5 Å². The molecule has 0 aliphatic heterocycles. The smallest absolute Gasteiger partial charge is 0.228 e. The van der Waals surface area contributed by atoms with Gasteiger partial charge in [0.1, 0.15) is 12.0 Å². The van der Waals surface area contributed by atoms with Gasteiger partial charge in [0.2, 0.25) is 6.86 Å². The van der Waals surface area contributed by atoms with E-state index in [-0.39, 0.29) is 0 Å². The fraction of sp³-hybridized carbons (Fsp3) is 0.143. The van der Waals surface area contributed by atoms with Crippen LogP contribution in [0.4, 0.5) is 4.39 Å². The first kappa shape index (κ1) is 12.9. The molecule has 0 unspecified atom stereocenters. The number of halogens is 1. The fourth-order valence-electron chi connectivity index (χ4n) is 1.72. The fourth-order valence-corrected chi connectivity index (χ4v) is 2.24. The molecule has 0 heterocycles. The van der Waals surface area contributed by atoms with Gasteiger partial charge in [0.15, 0.2) is 4.90 Å². The monoisotopic (exact) mass is 264 g/mol. The normalized spacial score (nSPS) is 12.2. The molecule has 2 aromatic rings. The minimum Gasteiger partial charge on any atom is -0.612 e. The molecular weight excluding hydrogens is 251 g/mol. The first-order chi connectivity index (χ1) is 8.72. The Kier molecular flexibility index (Phi) is 4.23. The van der Waals surface area contributed by atoms with E-state index >= 15 is 0 Å². The van der Waals surface area contributed by atoms with Crippen molar-refractivity contribution in [3.63, 3.8) is 0 Å². The molecule has 2 rings (SSSR count). The highest BCUT2D eigenvalue weighted by Crippen LogP contribution is 2.30. The van der Waals surface area contributed by atoms with Gasteiger partial charge in [0.05, 0.1) is 0 Å². The van der Waals surface area contributed by atoms with Crippen LogP contribution in [-0.4, -0.2) is 17.7 Å². The average Bonchev–Trinajstić information content (AvgIpc) is 2.40. The van der Waals surface area contributed by atoms with Crippen LogP contribution < -0.4 is 4.74 Å². The van der Waals surface area contributed by atoms with Crippen molar-refractivity contribution < 1.29 is 13.7 Å². The largest absolute Gasteiger partial charge is 0.612 e. The van der Waals surface area contributed by atoms with Gasteiger partial charge in [-0.2, -0.15) is 0 Å². The second-order valence-electron chi connectivity index (χ2n) is 3.73. The predicted molar refractivity (Wildman–Crippen MR) is 70.8 cm³/mol. The van der Waals surface area contributed by atoms with E-state index in [9.17, 15) is 8.94 Å². The second-order valence-corrected chi connectivity index (χ2v) is 5.11. The lowest BCUT2D eigenvalue weighted by Gasteiger charge is -2.10. The number of para-hydroxylation sites is 1. The SMILES string of the molecule is C[S@@+]([O-])c1ccc(-c2ccccc2OCF)cc1. The maximum Gasteiger partial charge on any atom is 0.228 e. The van der Waals surface area contributed by atoms with Crippen LogP contribution in [0.2, 0.25) is 0 Å². The molecule has 0 saturated heterocycles. The second kappa shape index (κ2) is 5.89. The van der Waals surface area contributed by atoms with Crippen LogP contribution in [0.3, 0.4) is 0 Å². The van der Waals surface area contributed by atoms with Gasteiger partial charge < -0.3 is 9.29 Å². The first-order valence-electron chi connectivity index (χ1n) is 5.44. The third kappa shape index (κ3) is 2.83. The highest BCUT2D eigenvalue weighted by molar-refractivity contribution is 7.90. The number of alkyl halides is 1. The van der Waals surface area contributed by atoms with Gasteiger partial charge in [-0.25, -0.2) is 4.39 Å². The van der Waals surface area contributed by atoms with Gasteiger partial charge in [-0.05, 0) is 47.1 Å². The Morgan fingerprint density at radius 3 is 2.39 bits per heavy atom. The molecule has 94 valence electrons. The minimum absolute atomic E-state index is 0.505. The van der Waals surface area contributed by atoms with Gasteiger partial charge in [-0.3, -0.25) is 0 Å². The number of ether oxygens (including phenoxy) is 1. The summed E-state index contributed by atoms with van der Waals surface area (Å²) in [6, 6.07) is 14.6. The lowest BCUT2D eigenvalue weighted by Crippen LogP contribution is -1.97. The molecule has 0 aliphatic rings. The van der Waals surface area contributed by atoms with Crippen LogP contribution >= 0.6 is 0 Å². The maximum atomic E-state index is 12.3. The van der Waals surface area contributed by atoms with E-state index in [2.05, 4.69) is 0 Å². The van der Waals surface area contributed by atoms with E-state index in [1.165, 1.54) is 0 Å². The van der Waals surface area contributed by atoms with Crippen LogP contribution in [0.5, 0.6) is 5.75 Å². The molecule has 2 aromatic carbocycles. The summed E-state index contributed by atoms with van der Waals surface area (Å²) in [6.07, 6.45) is 1.63. The Bertz CT molecular complexity index is 511. The Morgan fingerprint density at radius 1 is 1.11 bits per heavy atom. The number of benzene rings is 2. The van der Waals surface area contributed by atoms with E-state index in [0.29, 0.717) is 5.75 Å². The lowest BCUT2D eigenvalue weighted by molar-refractivity contribution is 0.192. The van der Waals surface area contributed by atoms with E-state index < -0.39 is 18.0 Å². The zero-order valence-corrected chi connectivity index (χ0v) is 10.7. The Balaban J connectivity index is 2.36. The Morgan fingerprint density at radius 2 is 1.78 bits per heavy atom. The molecule has 0 N–H and O–H groups in total. The Hall–Kier alpha value is -1.52. The number of rotatable bonds is 4. The predicted octanol–water partition coefficient (Wildman–Crippen LogP) is 3.40. The van der Waals surface area contributed by atoms with Gasteiger partial charge >= 0.3 is 0 Å². The zero-order chi connectivity index (χ0) is 13.0. The van der Waals surface area contributed by atoms with Gasteiger partial charge in [-0.15, -0.1) is 0 Å². The minimum atomic E-state index is -0.994. The highest BCUT2D eigenvalue weighted by Gasteiger charge is 2.08. The van der Waals surface area contributed by atoms with Crippen molar-refractivity contribution >= 4 is 11.2 Å². The van der Waals surface area contributed by atoms with Crippen molar-refractivity contribution in [2.24, 2.45) is 0 Å². The molecular formula is C14H13FO2S. The standard InChI is InChI=1S/C14H13FO2S/c1-18(16)12-8-6-11(7-9-12)13-4-2-3-5-14(13)17-10-15/h2-9H,10H2,1H3/t18-/m1/s1. The summed E-state index contributed by atoms with van der Waals surface area (Å²) in [5.41, 5.74) is 1.73. The van der Waals surface area contributed by atoms with Crippen LogP contribution in [0.15, 0.2) is 53.4 Å². The highest BCUT2D eigenvalue weighted by atomic mass is 32.2. The summed E-state index contributed by atoms with van der Waals surface area (Å²) in [6.45, 7) is -0.853. The quantitative estimate of drug-likeness (QED) is 0.793. The third-order valence-electron chi connectivity index (χ3n) is 2.59. The Labute approximate surface area is 109 Å². The van der Waals surface area contributed by atoms with Gasteiger partial charge in [0.25, 0.3) is 0 Å². The molecule has 0 spiro atoms. The van der Waals surface area contributed by atoms with Crippen LogP contribution in [0.1, 0.15) is 0 Å². The summed E-state index contributed by atoms with van der Waals surface area (Å²) in [5, 5.41) is 0. The zero-order valence-electron chi connectivity index (χ0n) is 9.93. The molecule has 0 bridgehead atoms. The summed E-state index contributed by atoms with van der Waals surface area (Å²) >= 11 is -0.994. The molecule has 0 radical (unpaired) electrons. The van der Waals surface area contributed by atoms with E-state index in [1.807, 2.05) is 24.3 Å². The molecule has 0 aromatic heterocycles. The molecule has 0 saturated carbocycles. The molecule has 0 fully saturated rings. The first-order valence-corrected chi connectivity index (χ1v) is 7.00. The van der Waals surface area contributed by atoms with Crippen LogP contribution in [0.25, 0.3) is 11.1 Å². The maximum absolute atomic E-state index is 12.3. The van der Waals surface area contributed by atoms with Crippen molar-refractivity contribution in [2.45, 2.75) is 4.90 Å². The average molecular weight is 264 g/mol. The van der Waals surface area contributed by atoms with Crippen molar-refractivity contribution in [3.05, 3.63) is 48.5 Å². The van der Waals surface area contributed by atoms with Crippen molar-refractivity contribution in [1.82, 2.24) is 0 Å². The molecule has 4 heteroatoms. The topological polar surface area (TPSA) is 32.3 Å². The molecule has 0 aliphatic carbocycles. The van der Waals surface area contributed by atoms with Crippen molar-refractivity contribution in [3.8, 4) is 16.9 Å². The number of hydrogen-bond donors (Lipinski definition) is 0. The van der Waals surface area contributed by atoms with E-state index in [0.717, 1.165) is 16.0 Å². The third-order valence-corrected chi connectivity index (χ3v) is 3.53. The molecule has 1 atom stereocenters. The number of hydrogen-bond acceptors (Lipinski definition) is 2. The van der Waals surface area contributed by atoms with Crippen LogP contribution in [0, 0.1) is 0 Å². The molecule has 0 amide bonds. The van der Waals surface area contributed by atoms with Crippen molar-refractivity contribution in [2.75, 3.05) is 13.1 Å².